The average molecular weight is 388 g/mol. The maximum atomic E-state index is 12.7. The third-order valence-electron chi connectivity index (χ3n) is 4.06. The lowest BCUT2D eigenvalue weighted by Crippen LogP contribution is -2.38. The number of benzene rings is 2. The number of nitrogens with one attached hydrogen (secondary N) is 1. The van der Waals surface area contributed by atoms with Gasteiger partial charge in [-0.1, -0.05) is 25.1 Å². The van der Waals surface area contributed by atoms with Crippen molar-refractivity contribution in [1.82, 2.24) is 4.90 Å². The molecule has 0 radical (unpaired) electrons. The second kappa shape index (κ2) is 8.81. The van der Waals surface area contributed by atoms with Crippen LogP contribution in [-0.2, 0) is 14.6 Å². The number of para-hydroxylation sites is 1. The molecule has 0 unspecified atom stereocenters. The lowest BCUT2D eigenvalue weighted by atomic mass is 10.2. The molecule has 27 heavy (non-hydrogen) atoms. The highest BCUT2D eigenvalue weighted by Crippen LogP contribution is 2.15. The largest absolute Gasteiger partial charge is 0.329 e. The first-order valence-electron chi connectivity index (χ1n) is 8.67. The van der Waals surface area contributed by atoms with Crippen LogP contribution in [0.5, 0.6) is 0 Å². The van der Waals surface area contributed by atoms with E-state index in [0.717, 1.165) is 11.8 Å². The Balaban J connectivity index is 2.12. The van der Waals surface area contributed by atoms with Gasteiger partial charge in [0, 0.05) is 24.1 Å². The Labute approximate surface area is 160 Å². The molecule has 2 amide bonds. The molecule has 0 aliphatic heterocycles. The van der Waals surface area contributed by atoms with Crippen molar-refractivity contribution in [3.05, 3.63) is 59.7 Å². The fraction of sp³-hybridized carbons (Fsp3) is 0.300. The number of nitrogens with zero attached hydrogens (tertiary/aromatic N) is 1. The number of amides is 2. The Morgan fingerprint density at radius 3 is 2.22 bits per heavy atom. The van der Waals surface area contributed by atoms with Crippen molar-refractivity contribution in [2.75, 3.05) is 24.7 Å². The van der Waals surface area contributed by atoms with Crippen molar-refractivity contribution in [3.8, 4) is 0 Å². The predicted octanol–water partition coefficient (Wildman–Crippen LogP) is 2.89. The van der Waals surface area contributed by atoms with Gasteiger partial charge in [0.05, 0.1) is 4.90 Å². The number of sulfone groups is 1. The Morgan fingerprint density at radius 2 is 1.67 bits per heavy atom. The van der Waals surface area contributed by atoms with Crippen LogP contribution in [0.25, 0.3) is 0 Å². The number of aryl methyl sites for hydroxylation is 1. The summed E-state index contributed by atoms with van der Waals surface area (Å²) in [6.45, 7) is 4.17. The normalized spacial score (nSPS) is 11.1. The summed E-state index contributed by atoms with van der Waals surface area (Å²) >= 11 is 0. The van der Waals surface area contributed by atoms with Crippen LogP contribution >= 0.6 is 0 Å². The minimum Gasteiger partial charge on any atom is -0.329 e. The topological polar surface area (TPSA) is 83.6 Å². The minimum atomic E-state index is -3.32. The molecule has 6 nitrogen and oxygen atoms in total. The molecule has 144 valence electrons. The summed E-state index contributed by atoms with van der Waals surface area (Å²) in [7, 11) is -3.32. The van der Waals surface area contributed by atoms with E-state index < -0.39 is 9.84 Å². The van der Waals surface area contributed by atoms with Crippen molar-refractivity contribution >= 4 is 27.3 Å². The molecular formula is C20H24N2O4S. The molecule has 2 rings (SSSR count). The lowest BCUT2D eigenvalue weighted by Gasteiger charge is -2.22. The SMILES string of the molecule is CCCN(CC(=O)Nc1ccccc1C)C(=O)c1ccc(S(C)(=O)=O)cc1. The molecule has 2 aromatic carbocycles. The molecule has 0 bridgehead atoms. The van der Waals surface area contributed by atoms with Crippen molar-refractivity contribution in [3.63, 3.8) is 0 Å². The molecule has 0 aromatic heterocycles. The van der Waals surface area contributed by atoms with E-state index in [-0.39, 0.29) is 23.3 Å². The van der Waals surface area contributed by atoms with Crippen molar-refractivity contribution in [2.24, 2.45) is 0 Å². The van der Waals surface area contributed by atoms with Gasteiger partial charge >= 0.3 is 0 Å². The highest BCUT2D eigenvalue weighted by molar-refractivity contribution is 7.90. The van der Waals surface area contributed by atoms with E-state index in [1.807, 2.05) is 38.1 Å². The van der Waals surface area contributed by atoms with Gasteiger partial charge in [-0.2, -0.15) is 0 Å². The summed E-state index contributed by atoms with van der Waals surface area (Å²) in [4.78, 5) is 26.7. The summed E-state index contributed by atoms with van der Waals surface area (Å²) in [5, 5.41) is 2.82. The molecule has 0 heterocycles. The number of hydrogen-bond acceptors (Lipinski definition) is 4. The van der Waals surface area contributed by atoms with Gasteiger partial charge in [0.15, 0.2) is 9.84 Å². The van der Waals surface area contributed by atoms with E-state index in [0.29, 0.717) is 24.2 Å². The monoisotopic (exact) mass is 388 g/mol. The van der Waals surface area contributed by atoms with E-state index in [2.05, 4.69) is 5.32 Å². The zero-order valence-electron chi connectivity index (χ0n) is 15.7. The first-order chi connectivity index (χ1) is 12.7. The van der Waals surface area contributed by atoms with Crippen LogP contribution in [0.4, 0.5) is 5.69 Å². The zero-order chi connectivity index (χ0) is 20.0. The third-order valence-corrected chi connectivity index (χ3v) is 5.19. The lowest BCUT2D eigenvalue weighted by molar-refractivity contribution is -0.116. The Hall–Kier alpha value is -2.67. The number of rotatable bonds is 7. The van der Waals surface area contributed by atoms with Crippen LogP contribution in [0.2, 0.25) is 0 Å². The van der Waals surface area contributed by atoms with Gasteiger partial charge in [-0.05, 0) is 49.2 Å². The molecule has 0 atom stereocenters. The number of carbonyl (C=O) groups excluding carboxylic acids is 2. The Kier molecular flexibility index (Phi) is 6.74. The highest BCUT2D eigenvalue weighted by Gasteiger charge is 2.19. The van der Waals surface area contributed by atoms with Crippen LogP contribution in [0.15, 0.2) is 53.4 Å². The Morgan fingerprint density at radius 1 is 1.04 bits per heavy atom. The number of anilines is 1. The van der Waals surface area contributed by atoms with E-state index in [4.69, 9.17) is 0 Å². The van der Waals surface area contributed by atoms with E-state index in [9.17, 15) is 18.0 Å². The first kappa shape index (κ1) is 20.6. The van der Waals surface area contributed by atoms with Gasteiger partial charge in [-0.25, -0.2) is 8.42 Å². The molecule has 7 heteroatoms. The highest BCUT2D eigenvalue weighted by atomic mass is 32.2. The summed E-state index contributed by atoms with van der Waals surface area (Å²) in [5.41, 5.74) is 2.00. The molecule has 0 fully saturated rings. The Bertz CT molecular complexity index is 921. The van der Waals surface area contributed by atoms with E-state index >= 15 is 0 Å². The first-order valence-corrected chi connectivity index (χ1v) is 10.6. The molecule has 0 spiro atoms. The maximum absolute atomic E-state index is 12.7. The third kappa shape index (κ3) is 5.65. The van der Waals surface area contributed by atoms with Crippen molar-refractivity contribution in [1.29, 1.82) is 0 Å². The smallest absolute Gasteiger partial charge is 0.254 e. The van der Waals surface area contributed by atoms with Crippen LogP contribution in [0.1, 0.15) is 29.3 Å². The fourth-order valence-corrected chi connectivity index (χ4v) is 3.26. The van der Waals surface area contributed by atoms with E-state index in [1.54, 1.807) is 0 Å². The van der Waals surface area contributed by atoms with Crippen LogP contribution in [0.3, 0.4) is 0 Å². The summed E-state index contributed by atoms with van der Waals surface area (Å²) < 4.78 is 23.1. The quantitative estimate of drug-likeness (QED) is 0.790. The van der Waals surface area contributed by atoms with E-state index in [1.165, 1.54) is 29.2 Å². The predicted molar refractivity (Wildman–Crippen MR) is 106 cm³/mol. The maximum Gasteiger partial charge on any atom is 0.254 e. The van der Waals surface area contributed by atoms with Crippen LogP contribution in [0, 0.1) is 6.92 Å². The zero-order valence-corrected chi connectivity index (χ0v) is 16.5. The fourth-order valence-electron chi connectivity index (χ4n) is 2.63. The van der Waals surface area contributed by atoms with Gasteiger partial charge in [0.2, 0.25) is 5.91 Å². The van der Waals surface area contributed by atoms with Gasteiger partial charge in [-0.15, -0.1) is 0 Å². The standard InChI is InChI=1S/C20H24N2O4S/c1-4-13-22(14-19(23)21-18-8-6-5-7-15(18)2)20(24)16-9-11-17(12-10-16)27(3,25)26/h5-12H,4,13-14H2,1-3H3,(H,21,23). The molecular weight excluding hydrogens is 364 g/mol. The van der Waals surface area contributed by atoms with Crippen molar-refractivity contribution < 1.29 is 18.0 Å². The summed E-state index contributed by atoms with van der Waals surface area (Å²) in [5.74, 6) is -0.587. The molecule has 1 N–H and O–H groups in total. The molecule has 0 saturated carbocycles. The van der Waals surface area contributed by atoms with Gasteiger partial charge < -0.3 is 10.2 Å². The van der Waals surface area contributed by atoms with Crippen molar-refractivity contribution in [2.45, 2.75) is 25.2 Å². The number of carbonyl (C=O) groups is 2. The second-order valence-electron chi connectivity index (χ2n) is 6.39. The molecule has 2 aromatic rings. The molecule has 0 aliphatic carbocycles. The van der Waals surface area contributed by atoms with Gasteiger partial charge in [0.25, 0.3) is 5.91 Å². The summed E-state index contributed by atoms with van der Waals surface area (Å²) in [6.07, 6.45) is 1.81. The van der Waals surface area contributed by atoms with Gasteiger partial charge in [0.1, 0.15) is 6.54 Å². The average Bonchev–Trinajstić information content (AvgIpc) is 2.62. The number of hydrogen-bond donors (Lipinski definition) is 1. The molecule has 0 aliphatic rings. The second-order valence-corrected chi connectivity index (χ2v) is 8.40. The van der Waals surface area contributed by atoms with Crippen LogP contribution in [-0.4, -0.2) is 44.5 Å². The minimum absolute atomic E-state index is 0.0746. The molecule has 0 saturated heterocycles. The summed E-state index contributed by atoms with van der Waals surface area (Å²) in [6, 6.07) is 13.2. The van der Waals surface area contributed by atoms with Gasteiger partial charge in [-0.3, -0.25) is 9.59 Å². The van der Waals surface area contributed by atoms with Crippen LogP contribution < -0.4 is 5.32 Å².